The maximum absolute atomic E-state index is 12.6. The van der Waals surface area contributed by atoms with Gasteiger partial charge in [0.15, 0.2) is 0 Å². The van der Waals surface area contributed by atoms with Crippen LogP contribution in [-0.4, -0.2) is 46.8 Å². The molecule has 3 rings (SSSR count). The molecule has 5 nitrogen and oxygen atoms in total. The molecule has 1 fully saturated rings. The molecule has 7 heteroatoms. The Kier molecular flexibility index (Phi) is 8.10. The van der Waals surface area contributed by atoms with Crippen LogP contribution in [-0.2, 0) is 11.3 Å². The van der Waals surface area contributed by atoms with E-state index in [0.717, 1.165) is 53.5 Å². The lowest BCUT2D eigenvalue weighted by Gasteiger charge is -2.30. The summed E-state index contributed by atoms with van der Waals surface area (Å²) in [4.78, 5) is 14.4. The molecule has 1 N–H and O–H groups in total. The van der Waals surface area contributed by atoms with Crippen molar-refractivity contribution >= 4 is 36.0 Å². The van der Waals surface area contributed by atoms with Crippen LogP contribution in [0.15, 0.2) is 30.3 Å². The van der Waals surface area contributed by atoms with Crippen molar-refractivity contribution < 1.29 is 4.79 Å². The van der Waals surface area contributed by atoms with Crippen LogP contribution in [0.4, 0.5) is 0 Å². The topological polar surface area (TPSA) is 50.2 Å². The highest BCUT2D eigenvalue weighted by Crippen LogP contribution is 2.20. The molecule has 1 aliphatic rings. The molecule has 0 atom stereocenters. The van der Waals surface area contributed by atoms with Crippen molar-refractivity contribution in [3.05, 3.63) is 57.9 Å². The minimum atomic E-state index is 0. The van der Waals surface area contributed by atoms with Gasteiger partial charge >= 0.3 is 0 Å². The predicted octanol–water partition coefficient (Wildman–Crippen LogP) is 3.85. The van der Waals surface area contributed by atoms with Gasteiger partial charge in [0.2, 0.25) is 5.91 Å². The number of nitrogens with zero attached hydrogens (tertiary/aromatic N) is 3. The highest BCUT2D eigenvalue weighted by atomic mass is 35.5. The first-order chi connectivity index (χ1) is 13.0. The van der Waals surface area contributed by atoms with Gasteiger partial charge < -0.3 is 10.2 Å². The van der Waals surface area contributed by atoms with E-state index >= 15 is 0 Å². The van der Waals surface area contributed by atoms with Gasteiger partial charge in [-0.1, -0.05) is 29.8 Å². The summed E-state index contributed by atoms with van der Waals surface area (Å²) in [5.41, 5.74) is 3.96. The third kappa shape index (κ3) is 5.16. The van der Waals surface area contributed by atoms with Gasteiger partial charge in [-0.15, -0.1) is 12.4 Å². The molecule has 1 amide bonds. The van der Waals surface area contributed by atoms with Crippen molar-refractivity contribution in [3.63, 3.8) is 0 Å². The Balaban J connectivity index is 0.00000280. The molecule has 152 valence electrons. The van der Waals surface area contributed by atoms with Gasteiger partial charge in [-0.25, -0.2) is 0 Å². The largest absolute Gasteiger partial charge is 0.339 e. The average molecular weight is 423 g/mol. The highest BCUT2D eigenvalue weighted by molar-refractivity contribution is 6.31. The number of amides is 1. The second-order valence-electron chi connectivity index (χ2n) is 7.10. The van der Waals surface area contributed by atoms with Gasteiger partial charge in [-0.05, 0) is 57.5 Å². The summed E-state index contributed by atoms with van der Waals surface area (Å²) in [6, 6.07) is 8.10. The molecular formula is C21H28Cl2N4O. The van der Waals surface area contributed by atoms with E-state index in [1.807, 2.05) is 60.8 Å². The lowest BCUT2D eigenvalue weighted by molar-refractivity contribution is -0.127. The molecule has 1 aliphatic heterocycles. The summed E-state index contributed by atoms with van der Waals surface area (Å²) in [5, 5.41) is 8.70. The van der Waals surface area contributed by atoms with E-state index in [-0.39, 0.29) is 18.3 Å². The minimum Gasteiger partial charge on any atom is -0.339 e. The van der Waals surface area contributed by atoms with Crippen molar-refractivity contribution in [2.45, 2.75) is 39.3 Å². The molecule has 1 aromatic carbocycles. The smallest absolute Gasteiger partial charge is 0.246 e. The number of carbonyl (C=O) groups is 1. The normalized spacial score (nSPS) is 14.9. The Bertz CT molecular complexity index is 841. The first kappa shape index (κ1) is 22.5. The zero-order valence-electron chi connectivity index (χ0n) is 16.6. The molecule has 0 aliphatic carbocycles. The van der Waals surface area contributed by atoms with Gasteiger partial charge in [0, 0.05) is 35.4 Å². The number of aryl methyl sites for hydroxylation is 1. The van der Waals surface area contributed by atoms with E-state index in [1.165, 1.54) is 0 Å². The van der Waals surface area contributed by atoms with Crippen LogP contribution in [0.2, 0.25) is 5.02 Å². The summed E-state index contributed by atoms with van der Waals surface area (Å²) in [7, 11) is 1.89. The number of aromatic nitrogens is 2. The number of benzene rings is 1. The van der Waals surface area contributed by atoms with Crippen molar-refractivity contribution in [1.29, 1.82) is 0 Å². The van der Waals surface area contributed by atoms with Gasteiger partial charge in [0.05, 0.1) is 12.2 Å². The molecular weight excluding hydrogens is 395 g/mol. The zero-order chi connectivity index (χ0) is 19.4. The zero-order valence-corrected chi connectivity index (χ0v) is 18.2. The van der Waals surface area contributed by atoms with Crippen molar-refractivity contribution in [1.82, 2.24) is 20.0 Å². The number of hydrogen-bond donors (Lipinski definition) is 1. The highest BCUT2D eigenvalue weighted by Gasteiger charge is 2.20. The predicted molar refractivity (Wildman–Crippen MR) is 117 cm³/mol. The van der Waals surface area contributed by atoms with Crippen LogP contribution >= 0.6 is 24.0 Å². The van der Waals surface area contributed by atoms with Gasteiger partial charge in [0.25, 0.3) is 0 Å². The Labute approximate surface area is 178 Å². The number of rotatable bonds is 5. The van der Waals surface area contributed by atoms with E-state index in [9.17, 15) is 4.79 Å². The number of halogens is 2. The van der Waals surface area contributed by atoms with Crippen LogP contribution in [0.1, 0.15) is 35.4 Å². The first-order valence-electron chi connectivity index (χ1n) is 9.40. The number of nitrogens with one attached hydrogen (secondary N) is 1. The molecule has 2 heterocycles. The van der Waals surface area contributed by atoms with Crippen LogP contribution in [0.5, 0.6) is 0 Å². The average Bonchev–Trinajstić information content (AvgIpc) is 2.94. The number of carbonyl (C=O) groups excluding carboxylic acids is 1. The molecule has 28 heavy (non-hydrogen) atoms. The Morgan fingerprint density at radius 2 is 2.00 bits per heavy atom. The van der Waals surface area contributed by atoms with E-state index in [1.54, 1.807) is 6.08 Å². The molecule has 2 aromatic rings. The molecule has 1 saturated heterocycles. The summed E-state index contributed by atoms with van der Waals surface area (Å²) in [6.45, 7) is 6.55. The fraction of sp³-hybridized carbons (Fsp3) is 0.429. The monoisotopic (exact) mass is 422 g/mol. The Morgan fingerprint density at radius 1 is 1.32 bits per heavy atom. The molecule has 0 radical (unpaired) electrons. The first-order valence-corrected chi connectivity index (χ1v) is 9.78. The number of likely N-dealkylation sites (N-methyl/N-ethyl adjacent to an activating group) is 1. The molecule has 0 unspecified atom stereocenters. The van der Waals surface area contributed by atoms with Crippen LogP contribution < -0.4 is 5.32 Å². The standard InChI is InChI=1S/C21H27ClN4O.ClH/c1-15-19(8-9-21(27)25(3)18-10-12-23-13-11-18)16(2)26(24-15)14-17-6-4-5-7-20(17)22;/h4-9,18,23H,10-14H2,1-3H3;1H. The number of piperidine rings is 1. The fourth-order valence-corrected chi connectivity index (χ4v) is 3.74. The second-order valence-corrected chi connectivity index (χ2v) is 7.50. The van der Waals surface area contributed by atoms with E-state index in [0.29, 0.717) is 12.6 Å². The Morgan fingerprint density at radius 3 is 2.68 bits per heavy atom. The maximum atomic E-state index is 12.6. The molecule has 1 aromatic heterocycles. The third-order valence-electron chi connectivity index (χ3n) is 5.31. The van der Waals surface area contributed by atoms with E-state index < -0.39 is 0 Å². The Hall–Kier alpha value is -1.82. The minimum absolute atomic E-state index is 0. The summed E-state index contributed by atoms with van der Waals surface area (Å²) in [6.07, 6.45) is 5.56. The van der Waals surface area contributed by atoms with Crippen LogP contribution in [0, 0.1) is 13.8 Å². The number of hydrogen-bond acceptors (Lipinski definition) is 3. The SMILES string of the molecule is Cc1nn(Cc2ccccc2Cl)c(C)c1C=CC(=O)N(C)C1CCNCC1.Cl. The second kappa shape index (κ2) is 10.1. The van der Waals surface area contributed by atoms with Crippen molar-refractivity contribution in [3.8, 4) is 0 Å². The lowest BCUT2D eigenvalue weighted by atomic mass is 10.1. The van der Waals surface area contributed by atoms with Crippen molar-refractivity contribution in [2.24, 2.45) is 0 Å². The third-order valence-corrected chi connectivity index (χ3v) is 5.68. The summed E-state index contributed by atoms with van der Waals surface area (Å²) < 4.78 is 1.94. The summed E-state index contributed by atoms with van der Waals surface area (Å²) in [5.74, 6) is 0.0413. The van der Waals surface area contributed by atoms with Gasteiger partial charge in [-0.3, -0.25) is 9.48 Å². The maximum Gasteiger partial charge on any atom is 0.246 e. The van der Waals surface area contributed by atoms with E-state index in [4.69, 9.17) is 11.6 Å². The molecule has 0 bridgehead atoms. The van der Waals surface area contributed by atoms with Crippen LogP contribution in [0.3, 0.4) is 0 Å². The quantitative estimate of drug-likeness (QED) is 0.744. The van der Waals surface area contributed by atoms with Crippen molar-refractivity contribution in [2.75, 3.05) is 20.1 Å². The lowest BCUT2D eigenvalue weighted by Crippen LogP contribution is -2.43. The summed E-state index contributed by atoms with van der Waals surface area (Å²) >= 11 is 6.27. The van der Waals surface area contributed by atoms with Gasteiger partial charge in [-0.2, -0.15) is 5.10 Å². The van der Waals surface area contributed by atoms with Crippen LogP contribution in [0.25, 0.3) is 6.08 Å². The van der Waals surface area contributed by atoms with E-state index in [2.05, 4.69) is 10.4 Å². The molecule has 0 spiro atoms. The van der Waals surface area contributed by atoms with Gasteiger partial charge in [0.1, 0.15) is 0 Å². The molecule has 0 saturated carbocycles. The fourth-order valence-electron chi connectivity index (χ4n) is 3.54.